The van der Waals surface area contributed by atoms with E-state index >= 15 is 0 Å². The smallest absolute Gasteiger partial charge is 0.225 e. The lowest BCUT2D eigenvalue weighted by Gasteiger charge is -2.28. The zero-order chi connectivity index (χ0) is 18.0. The number of carbonyl (C=O) groups is 1. The van der Waals surface area contributed by atoms with Crippen LogP contribution in [0.25, 0.3) is 0 Å². The Hall–Kier alpha value is -2.21. The first-order chi connectivity index (χ1) is 12.1. The Balaban J connectivity index is 2.16. The molecular weight excluding hydrogens is 386 g/mol. The first-order valence-corrected chi connectivity index (χ1v) is 8.84. The first kappa shape index (κ1) is 17.6. The third-order valence-electron chi connectivity index (χ3n) is 4.24. The van der Waals surface area contributed by atoms with Gasteiger partial charge in [-0.3, -0.25) is 4.79 Å². The summed E-state index contributed by atoms with van der Waals surface area (Å²) in [6, 6.07) is 9.60. The molecule has 1 amide bonds. The number of halogens is 1. The molecule has 0 fully saturated rings. The second kappa shape index (κ2) is 7.35. The highest BCUT2D eigenvalue weighted by molar-refractivity contribution is 9.10. The lowest BCUT2D eigenvalue weighted by molar-refractivity contribution is -0.116. The van der Waals surface area contributed by atoms with E-state index < -0.39 is 0 Å². The van der Waals surface area contributed by atoms with E-state index in [0.717, 1.165) is 27.0 Å². The zero-order valence-corrected chi connectivity index (χ0v) is 16.0. The maximum atomic E-state index is 12.3. The summed E-state index contributed by atoms with van der Waals surface area (Å²) < 4.78 is 17.5. The van der Waals surface area contributed by atoms with E-state index in [4.69, 9.17) is 14.2 Å². The van der Waals surface area contributed by atoms with Crippen molar-refractivity contribution < 1.29 is 19.0 Å². The van der Waals surface area contributed by atoms with Crippen molar-refractivity contribution >= 4 is 27.5 Å². The lowest BCUT2D eigenvalue weighted by Crippen LogP contribution is -2.24. The van der Waals surface area contributed by atoms with Crippen molar-refractivity contribution in [1.29, 1.82) is 0 Å². The normalized spacial score (nSPS) is 16.0. The Morgan fingerprint density at radius 3 is 2.48 bits per heavy atom. The highest BCUT2D eigenvalue weighted by atomic mass is 79.9. The summed E-state index contributed by atoms with van der Waals surface area (Å²) in [7, 11) is 3.18. The lowest BCUT2D eigenvalue weighted by atomic mass is 9.84. The molecular formula is C19H20BrNO4. The summed E-state index contributed by atoms with van der Waals surface area (Å²) in [6.07, 6.45) is 0.346. The minimum Gasteiger partial charge on any atom is -0.494 e. The minimum atomic E-state index is -0.123. The Bertz CT molecular complexity index is 806. The van der Waals surface area contributed by atoms with Crippen molar-refractivity contribution in [3.05, 3.63) is 45.9 Å². The quantitative estimate of drug-likeness (QED) is 0.803. The van der Waals surface area contributed by atoms with Crippen LogP contribution in [0.2, 0.25) is 0 Å². The van der Waals surface area contributed by atoms with Crippen LogP contribution < -0.4 is 19.5 Å². The number of hydrogen-bond acceptors (Lipinski definition) is 4. The van der Waals surface area contributed by atoms with Crippen molar-refractivity contribution in [2.24, 2.45) is 0 Å². The van der Waals surface area contributed by atoms with Gasteiger partial charge in [0.05, 0.1) is 20.8 Å². The number of benzene rings is 2. The van der Waals surface area contributed by atoms with E-state index in [9.17, 15) is 4.79 Å². The SMILES string of the molecule is CCOc1ccc(Br)cc1[C@@H]1CC(=O)Nc2cc(OC)c(OC)cc21. The molecule has 2 aromatic carbocycles. The van der Waals surface area contributed by atoms with Crippen LogP contribution in [0, 0.1) is 0 Å². The van der Waals surface area contributed by atoms with Crippen LogP contribution in [0.15, 0.2) is 34.8 Å². The molecule has 1 N–H and O–H groups in total. The largest absolute Gasteiger partial charge is 0.494 e. The van der Waals surface area contributed by atoms with Gasteiger partial charge in [-0.2, -0.15) is 0 Å². The molecule has 3 rings (SSSR count). The van der Waals surface area contributed by atoms with Crippen molar-refractivity contribution in [3.8, 4) is 17.2 Å². The van der Waals surface area contributed by atoms with Gasteiger partial charge < -0.3 is 19.5 Å². The summed E-state index contributed by atoms with van der Waals surface area (Å²) >= 11 is 3.52. The van der Waals surface area contributed by atoms with Crippen LogP contribution in [-0.4, -0.2) is 26.7 Å². The average molecular weight is 406 g/mol. The fourth-order valence-electron chi connectivity index (χ4n) is 3.14. The Morgan fingerprint density at radius 2 is 1.80 bits per heavy atom. The van der Waals surface area contributed by atoms with Crippen molar-refractivity contribution in [2.45, 2.75) is 19.3 Å². The van der Waals surface area contributed by atoms with Gasteiger partial charge in [-0.05, 0) is 36.8 Å². The molecule has 0 saturated heterocycles. The van der Waals surface area contributed by atoms with Crippen LogP contribution in [0.3, 0.4) is 0 Å². The predicted molar refractivity (Wildman–Crippen MR) is 99.9 cm³/mol. The van der Waals surface area contributed by atoms with Gasteiger partial charge in [-0.25, -0.2) is 0 Å². The monoisotopic (exact) mass is 405 g/mol. The van der Waals surface area contributed by atoms with Gasteiger partial charge in [0.25, 0.3) is 0 Å². The van der Waals surface area contributed by atoms with Crippen molar-refractivity contribution in [1.82, 2.24) is 0 Å². The summed E-state index contributed by atoms with van der Waals surface area (Å²) in [5, 5.41) is 2.92. The average Bonchev–Trinajstić information content (AvgIpc) is 2.61. The van der Waals surface area contributed by atoms with Gasteiger partial charge in [-0.1, -0.05) is 15.9 Å². The second-order valence-electron chi connectivity index (χ2n) is 5.71. The molecule has 5 nitrogen and oxygen atoms in total. The molecule has 0 saturated carbocycles. The Labute approximate surface area is 155 Å². The van der Waals surface area contributed by atoms with Gasteiger partial charge in [0.2, 0.25) is 5.91 Å². The Morgan fingerprint density at radius 1 is 1.08 bits per heavy atom. The van der Waals surface area contributed by atoms with Crippen LogP contribution in [0.5, 0.6) is 17.2 Å². The van der Waals surface area contributed by atoms with Gasteiger partial charge >= 0.3 is 0 Å². The molecule has 132 valence electrons. The predicted octanol–water partition coefficient (Wildman–Crippen LogP) is 4.34. The van der Waals surface area contributed by atoms with Crippen molar-refractivity contribution in [3.63, 3.8) is 0 Å². The minimum absolute atomic E-state index is 0.0351. The molecule has 0 aromatic heterocycles. The summed E-state index contributed by atoms with van der Waals surface area (Å²) in [6.45, 7) is 2.51. The molecule has 0 unspecified atom stereocenters. The van der Waals surface area contributed by atoms with Crippen LogP contribution in [0.1, 0.15) is 30.4 Å². The fraction of sp³-hybridized carbons (Fsp3) is 0.316. The van der Waals surface area contributed by atoms with Gasteiger partial charge in [0.15, 0.2) is 11.5 Å². The number of ether oxygens (including phenoxy) is 3. The number of amides is 1. The maximum absolute atomic E-state index is 12.3. The van der Waals surface area contributed by atoms with E-state index in [1.165, 1.54) is 0 Å². The van der Waals surface area contributed by atoms with E-state index in [-0.39, 0.29) is 11.8 Å². The highest BCUT2D eigenvalue weighted by Gasteiger charge is 2.30. The molecule has 0 radical (unpaired) electrons. The van der Waals surface area contributed by atoms with E-state index in [0.29, 0.717) is 24.5 Å². The molecule has 1 aliphatic heterocycles. The molecule has 0 bridgehead atoms. The summed E-state index contributed by atoms with van der Waals surface area (Å²) in [5.74, 6) is 1.85. The molecule has 6 heteroatoms. The summed E-state index contributed by atoms with van der Waals surface area (Å²) in [5.41, 5.74) is 2.69. The topological polar surface area (TPSA) is 56.8 Å². The third kappa shape index (κ3) is 3.44. The van der Waals surface area contributed by atoms with E-state index in [2.05, 4.69) is 21.2 Å². The number of fused-ring (bicyclic) bond motifs is 1. The van der Waals surface area contributed by atoms with Crippen LogP contribution in [0.4, 0.5) is 5.69 Å². The first-order valence-electron chi connectivity index (χ1n) is 8.05. The van der Waals surface area contributed by atoms with Gasteiger partial charge in [0.1, 0.15) is 5.75 Å². The van der Waals surface area contributed by atoms with Crippen LogP contribution in [-0.2, 0) is 4.79 Å². The van der Waals surface area contributed by atoms with E-state index in [1.807, 2.05) is 31.2 Å². The Kier molecular flexibility index (Phi) is 5.18. The third-order valence-corrected chi connectivity index (χ3v) is 4.74. The molecule has 1 heterocycles. The van der Waals surface area contributed by atoms with Gasteiger partial charge in [0, 0.05) is 34.1 Å². The highest BCUT2D eigenvalue weighted by Crippen LogP contribution is 2.45. The molecule has 1 aliphatic rings. The number of hydrogen-bond donors (Lipinski definition) is 1. The van der Waals surface area contributed by atoms with E-state index in [1.54, 1.807) is 20.3 Å². The number of methoxy groups -OCH3 is 2. The number of carbonyl (C=O) groups excluding carboxylic acids is 1. The molecule has 0 aliphatic carbocycles. The number of anilines is 1. The standard InChI is InChI=1S/C19H20BrNO4/c1-4-25-16-6-5-11(20)7-14(16)12-9-19(22)21-15-10-18(24-3)17(23-2)8-13(12)15/h5-8,10,12H,4,9H2,1-3H3,(H,21,22)/t12-/m1/s1. The molecule has 2 aromatic rings. The van der Waals surface area contributed by atoms with Crippen molar-refractivity contribution in [2.75, 3.05) is 26.1 Å². The number of nitrogens with one attached hydrogen (secondary N) is 1. The molecule has 0 spiro atoms. The molecule has 1 atom stereocenters. The zero-order valence-electron chi connectivity index (χ0n) is 14.4. The summed E-state index contributed by atoms with van der Waals surface area (Å²) in [4.78, 5) is 12.3. The second-order valence-corrected chi connectivity index (χ2v) is 6.63. The maximum Gasteiger partial charge on any atom is 0.225 e. The van der Waals surface area contributed by atoms with Crippen LogP contribution >= 0.6 is 15.9 Å². The number of rotatable bonds is 5. The fourth-order valence-corrected chi connectivity index (χ4v) is 3.52. The van der Waals surface area contributed by atoms with Gasteiger partial charge in [-0.15, -0.1) is 0 Å². The molecule has 25 heavy (non-hydrogen) atoms.